The first-order valence-electron chi connectivity index (χ1n) is 11.1. The zero-order chi connectivity index (χ0) is 24.2. The summed E-state index contributed by atoms with van der Waals surface area (Å²) in [5, 5.41) is 6.63. The third kappa shape index (κ3) is 4.69. The van der Waals surface area contributed by atoms with E-state index in [1.165, 1.54) is 22.2 Å². The molecule has 2 aromatic heterocycles. The minimum absolute atomic E-state index is 0.191. The number of hydrogen-bond donors (Lipinski definition) is 1. The molecule has 3 aromatic carbocycles. The molecule has 5 rings (SSSR count). The van der Waals surface area contributed by atoms with Gasteiger partial charge in [-0.05, 0) is 35.4 Å². The van der Waals surface area contributed by atoms with Crippen LogP contribution in [0.3, 0.4) is 0 Å². The molecule has 0 aliphatic heterocycles. The lowest BCUT2D eigenvalue weighted by Crippen LogP contribution is -2.29. The second-order valence-electron chi connectivity index (χ2n) is 7.80. The number of amides is 1. The number of carbonyl (C=O) groups is 1. The van der Waals surface area contributed by atoms with Crippen LogP contribution >= 0.6 is 11.3 Å². The Kier molecular flexibility index (Phi) is 6.36. The fourth-order valence-corrected chi connectivity index (χ4v) is 4.86. The van der Waals surface area contributed by atoms with E-state index in [2.05, 4.69) is 15.5 Å². The third-order valence-corrected chi connectivity index (χ3v) is 6.60. The molecule has 0 saturated carbocycles. The van der Waals surface area contributed by atoms with Crippen molar-refractivity contribution in [2.75, 3.05) is 6.61 Å². The van der Waals surface area contributed by atoms with Gasteiger partial charge in [-0.2, -0.15) is 5.10 Å². The van der Waals surface area contributed by atoms with Crippen molar-refractivity contribution < 1.29 is 9.53 Å². The van der Waals surface area contributed by atoms with Crippen LogP contribution in [-0.2, 0) is 11.3 Å². The lowest BCUT2D eigenvalue weighted by Gasteiger charge is -2.10. The van der Waals surface area contributed by atoms with Crippen LogP contribution in [0.2, 0.25) is 0 Å². The summed E-state index contributed by atoms with van der Waals surface area (Å²) in [5.74, 6) is 0.253. The Morgan fingerprint density at radius 3 is 2.71 bits per heavy atom. The first kappa shape index (κ1) is 22.5. The van der Waals surface area contributed by atoms with Gasteiger partial charge in [0.2, 0.25) is 0 Å². The molecule has 8 heteroatoms. The largest absolute Gasteiger partial charge is 0.493 e. The van der Waals surface area contributed by atoms with Crippen molar-refractivity contribution in [3.8, 4) is 16.2 Å². The fourth-order valence-electron chi connectivity index (χ4n) is 3.87. The van der Waals surface area contributed by atoms with Crippen molar-refractivity contribution in [2.45, 2.75) is 13.5 Å². The van der Waals surface area contributed by atoms with Crippen LogP contribution in [-0.4, -0.2) is 28.3 Å². The Morgan fingerprint density at radius 1 is 1.09 bits per heavy atom. The van der Waals surface area contributed by atoms with Crippen LogP contribution in [0.1, 0.15) is 12.5 Å². The number of fused-ring (bicyclic) bond motifs is 2. The van der Waals surface area contributed by atoms with Gasteiger partial charge in [0.15, 0.2) is 0 Å². The van der Waals surface area contributed by atoms with Gasteiger partial charge in [-0.25, -0.2) is 10.4 Å². The molecule has 0 radical (unpaired) electrons. The molecule has 0 aliphatic rings. The average molecular weight is 483 g/mol. The monoisotopic (exact) mass is 482 g/mol. The highest BCUT2D eigenvalue weighted by Gasteiger charge is 2.12. The van der Waals surface area contributed by atoms with E-state index >= 15 is 0 Å². The standard InChI is InChI=1S/C27H22N4O3S/c1-2-34-23-13-12-18-8-6-7-11-20(18)22(23)15-29-30-25(32)16-31-17-28-26-21(27(31)33)14-24(35-26)19-9-4-3-5-10-19/h3-15,17H,2,16H2,1H3,(H,30,32)/b29-15+. The van der Waals surface area contributed by atoms with Crippen molar-refractivity contribution in [1.29, 1.82) is 0 Å². The molecular weight excluding hydrogens is 460 g/mol. The first-order valence-corrected chi connectivity index (χ1v) is 12.0. The zero-order valence-electron chi connectivity index (χ0n) is 19.0. The van der Waals surface area contributed by atoms with Crippen LogP contribution in [0, 0.1) is 0 Å². The second-order valence-corrected chi connectivity index (χ2v) is 8.83. The topological polar surface area (TPSA) is 85.6 Å². The fraction of sp³-hybridized carbons (Fsp3) is 0.111. The summed E-state index contributed by atoms with van der Waals surface area (Å²) in [7, 11) is 0. The van der Waals surface area contributed by atoms with E-state index in [4.69, 9.17) is 4.74 Å². The van der Waals surface area contributed by atoms with Gasteiger partial charge in [0.25, 0.3) is 11.5 Å². The summed E-state index contributed by atoms with van der Waals surface area (Å²) in [4.78, 5) is 31.5. The Morgan fingerprint density at radius 2 is 1.89 bits per heavy atom. The highest BCUT2D eigenvalue weighted by Crippen LogP contribution is 2.30. The molecule has 5 aromatic rings. The number of hydrazone groups is 1. The van der Waals surface area contributed by atoms with E-state index in [-0.39, 0.29) is 12.1 Å². The van der Waals surface area contributed by atoms with Gasteiger partial charge in [-0.15, -0.1) is 11.3 Å². The molecule has 0 fully saturated rings. The molecule has 0 unspecified atom stereocenters. The highest BCUT2D eigenvalue weighted by molar-refractivity contribution is 7.21. The summed E-state index contributed by atoms with van der Waals surface area (Å²) in [6.07, 6.45) is 2.97. The van der Waals surface area contributed by atoms with E-state index in [9.17, 15) is 9.59 Å². The molecule has 0 spiro atoms. The Bertz CT molecular complexity index is 1610. The molecule has 2 heterocycles. The second kappa shape index (κ2) is 9.90. The minimum Gasteiger partial charge on any atom is -0.493 e. The summed E-state index contributed by atoms with van der Waals surface area (Å²) in [6.45, 7) is 2.23. The van der Waals surface area contributed by atoms with Crippen LogP contribution in [0.4, 0.5) is 0 Å². The Balaban J connectivity index is 1.35. The molecule has 1 N–H and O–H groups in total. The predicted octanol–water partition coefficient (Wildman–Crippen LogP) is 4.83. The Labute approximate surface area is 205 Å². The maximum atomic E-state index is 13.0. The SMILES string of the molecule is CCOc1ccc2ccccc2c1/C=N/NC(=O)Cn1cnc2sc(-c3ccccc3)cc2c1=O. The number of benzene rings is 3. The van der Waals surface area contributed by atoms with Gasteiger partial charge in [-0.3, -0.25) is 14.2 Å². The van der Waals surface area contributed by atoms with E-state index in [1.54, 1.807) is 6.21 Å². The van der Waals surface area contributed by atoms with Gasteiger partial charge in [0.1, 0.15) is 17.1 Å². The smallest absolute Gasteiger partial charge is 0.262 e. The number of rotatable bonds is 7. The van der Waals surface area contributed by atoms with E-state index in [0.29, 0.717) is 22.6 Å². The lowest BCUT2D eigenvalue weighted by atomic mass is 10.0. The average Bonchev–Trinajstić information content (AvgIpc) is 3.33. The van der Waals surface area contributed by atoms with Gasteiger partial charge in [-0.1, -0.05) is 60.7 Å². The molecule has 0 bridgehead atoms. The van der Waals surface area contributed by atoms with Crippen molar-refractivity contribution in [2.24, 2.45) is 5.10 Å². The first-order chi connectivity index (χ1) is 17.1. The predicted molar refractivity (Wildman–Crippen MR) is 140 cm³/mol. The van der Waals surface area contributed by atoms with Crippen molar-refractivity contribution in [3.05, 3.63) is 95.0 Å². The van der Waals surface area contributed by atoms with Crippen molar-refractivity contribution >= 4 is 44.4 Å². The summed E-state index contributed by atoms with van der Waals surface area (Å²) in [5.41, 5.74) is 4.04. The van der Waals surface area contributed by atoms with Crippen LogP contribution in [0.15, 0.2) is 89.0 Å². The van der Waals surface area contributed by atoms with Crippen LogP contribution in [0.5, 0.6) is 5.75 Å². The quantitative estimate of drug-likeness (QED) is 0.266. The Hall–Kier alpha value is -4.30. The summed E-state index contributed by atoms with van der Waals surface area (Å²) < 4.78 is 7.02. The van der Waals surface area contributed by atoms with Gasteiger partial charge in [0.05, 0.1) is 24.5 Å². The number of aromatic nitrogens is 2. The minimum atomic E-state index is -0.429. The molecular formula is C27H22N4O3S. The lowest BCUT2D eigenvalue weighted by molar-refractivity contribution is -0.121. The maximum absolute atomic E-state index is 13.0. The summed E-state index contributed by atoms with van der Waals surface area (Å²) >= 11 is 1.45. The van der Waals surface area contributed by atoms with Crippen molar-refractivity contribution in [1.82, 2.24) is 15.0 Å². The number of hydrogen-bond acceptors (Lipinski definition) is 6. The number of nitrogens with one attached hydrogen (secondary N) is 1. The van der Waals surface area contributed by atoms with Gasteiger partial charge in [0, 0.05) is 10.4 Å². The van der Waals surface area contributed by atoms with Crippen molar-refractivity contribution in [3.63, 3.8) is 0 Å². The number of ether oxygens (including phenoxy) is 1. The van der Waals surface area contributed by atoms with Gasteiger partial charge < -0.3 is 4.74 Å². The molecule has 0 saturated heterocycles. The maximum Gasteiger partial charge on any atom is 0.262 e. The third-order valence-electron chi connectivity index (χ3n) is 5.50. The summed E-state index contributed by atoms with van der Waals surface area (Å²) in [6, 6.07) is 23.4. The number of carbonyl (C=O) groups excluding carboxylic acids is 1. The zero-order valence-corrected chi connectivity index (χ0v) is 19.8. The molecule has 0 atom stereocenters. The molecule has 7 nitrogen and oxygen atoms in total. The van der Waals surface area contributed by atoms with Crippen LogP contribution in [0.25, 0.3) is 31.4 Å². The number of thiophene rings is 1. The van der Waals surface area contributed by atoms with Gasteiger partial charge >= 0.3 is 0 Å². The van der Waals surface area contributed by atoms with E-state index in [0.717, 1.165) is 26.8 Å². The molecule has 1 amide bonds. The normalized spacial score (nSPS) is 11.3. The van der Waals surface area contributed by atoms with Crippen LogP contribution < -0.4 is 15.7 Å². The highest BCUT2D eigenvalue weighted by atomic mass is 32.1. The van der Waals surface area contributed by atoms with E-state index in [1.807, 2.05) is 79.7 Å². The molecule has 174 valence electrons. The molecule has 0 aliphatic carbocycles. The number of nitrogens with zero attached hydrogens (tertiary/aromatic N) is 3. The molecule has 35 heavy (non-hydrogen) atoms. The van der Waals surface area contributed by atoms with E-state index < -0.39 is 5.91 Å².